The largest absolute Gasteiger partial charge is 0.296 e. The van der Waals surface area contributed by atoms with Gasteiger partial charge in [-0.15, -0.1) is 24.8 Å². The maximum absolute atomic E-state index is 6.09. The Morgan fingerprint density at radius 2 is 1.54 bits per heavy atom. The molecule has 0 radical (unpaired) electrons. The zero-order chi connectivity index (χ0) is 17.2. The van der Waals surface area contributed by atoms with Gasteiger partial charge in [0.25, 0.3) is 0 Å². The third-order valence-electron chi connectivity index (χ3n) is 4.83. The molecule has 1 atom stereocenters. The van der Waals surface area contributed by atoms with Crippen LogP contribution in [0.3, 0.4) is 0 Å². The summed E-state index contributed by atoms with van der Waals surface area (Å²) in [5, 5.41) is 0.804. The molecule has 1 aliphatic rings. The molecule has 0 amide bonds. The first-order valence-corrected chi connectivity index (χ1v) is 9.10. The van der Waals surface area contributed by atoms with Crippen molar-refractivity contribution in [2.24, 2.45) is 0 Å². The minimum absolute atomic E-state index is 0. The van der Waals surface area contributed by atoms with Gasteiger partial charge in [0.2, 0.25) is 0 Å². The van der Waals surface area contributed by atoms with Crippen LogP contribution in [0.4, 0.5) is 0 Å². The summed E-state index contributed by atoms with van der Waals surface area (Å²) in [7, 11) is 0. The zero-order valence-electron chi connectivity index (χ0n) is 15.7. The van der Waals surface area contributed by atoms with Gasteiger partial charge in [0.05, 0.1) is 0 Å². The van der Waals surface area contributed by atoms with E-state index in [2.05, 4.69) is 73.0 Å². The molecule has 0 bridgehead atoms. The van der Waals surface area contributed by atoms with Gasteiger partial charge in [-0.25, -0.2) is 0 Å². The van der Waals surface area contributed by atoms with E-state index in [0.29, 0.717) is 6.04 Å². The lowest BCUT2D eigenvalue weighted by Crippen LogP contribution is -2.54. The number of benzene rings is 2. The molecule has 3 rings (SSSR count). The summed E-state index contributed by atoms with van der Waals surface area (Å²) in [5.74, 6) is 0. The number of hydrogen-bond acceptors (Lipinski definition) is 2. The molecule has 0 unspecified atom stereocenters. The molecular weight excluding hydrogens is 387 g/mol. The molecule has 1 saturated heterocycles. The van der Waals surface area contributed by atoms with Gasteiger partial charge < -0.3 is 0 Å². The topological polar surface area (TPSA) is 6.48 Å². The average molecular weight is 416 g/mol. The molecule has 1 fully saturated rings. The number of halogens is 3. The van der Waals surface area contributed by atoms with Crippen LogP contribution >= 0.6 is 36.4 Å². The van der Waals surface area contributed by atoms with E-state index in [-0.39, 0.29) is 30.4 Å². The van der Waals surface area contributed by atoms with Gasteiger partial charge in [0.1, 0.15) is 0 Å². The smallest absolute Gasteiger partial charge is 0.0481 e. The van der Waals surface area contributed by atoms with Gasteiger partial charge in [-0.1, -0.05) is 54.1 Å². The average Bonchev–Trinajstić information content (AvgIpc) is 2.55. The number of rotatable bonds is 3. The first kappa shape index (κ1) is 23.3. The van der Waals surface area contributed by atoms with E-state index < -0.39 is 0 Å². The highest BCUT2D eigenvalue weighted by molar-refractivity contribution is 6.30. The molecule has 5 heteroatoms. The van der Waals surface area contributed by atoms with E-state index in [1.54, 1.807) is 0 Å². The Hall–Kier alpha value is -0.770. The minimum atomic E-state index is 0. The van der Waals surface area contributed by atoms with Gasteiger partial charge in [-0.3, -0.25) is 9.80 Å². The van der Waals surface area contributed by atoms with E-state index in [1.165, 1.54) is 11.1 Å². The van der Waals surface area contributed by atoms with E-state index in [4.69, 9.17) is 11.6 Å². The van der Waals surface area contributed by atoms with E-state index in [9.17, 15) is 0 Å². The lowest BCUT2D eigenvalue weighted by atomic mass is 9.95. The van der Waals surface area contributed by atoms with Crippen LogP contribution in [0.1, 0.15) is 37.9 Å². The summed E-state index contributed by atoms with van der Waals surface area (Å²) in [5.41, 5.74) is 2.90. The summed E-state index contributed by atoms with van der Waals surface area (Å²) in [6.45, 7) is 11.2. The molecular formula is C21H29Cl3N2. The fourth-order valence-corrected chi connectivity index (χ4v) is 3.72. The summed E-state index contributed by atoms with van der Waals surface area (Å²) < 4.78 is 0. The van der Waals surface area contributed by atoms with Crippen molar-refractivity contribution in [1.29, 1.82) is 0 Å². The van der Waals surface area contributed by atoms with Crippen LogP contribution in [0.25, 0.3) is 0 Å². The summed E-state index contributed by atoms with van der Waals surface area (Å²) in [6, 6.07) is 19.5. The SMILES string of the molecule is CC(C)(C)N1CCN(Cc2ccccc2)C[C@H]1c1ccc(Cl)cc1.Cl.Cl. The van der Waals surface area contributed by atoms with Crippen molar-refractivity contribution in [3.05, 3.63) is 70.7 Å². The van der Waals surface area contributed by atoms with Crippen LogP contribution in [0.15, 0.2) is 54.6 Å². The van der Waals surface area contributed by atoms with Crippen molar-refractivity contribution in [2.75, 3.05) is 19.6 Å². The van der Waals surface area contributed by atoms with E-state index >= 15 is 0 Å². The lowest BCUT2D eigenvalue weighted by Gasteiger charge is -2.48. The summed E-state index contributed by atoms with van der Waals surface area (Å²) in [4.78, 5) is 5.19. The molecule has 1 aliphatic heterocycles. The van der Waals surface area contributed by atoms with Crippen molar-refractivity contribution in [2.45, 2.75) is 38.9 Å². The second-order valence-corrected chi connectivity index (χ2v) is 8.09. The Labute approximate surface area is 175 Å². The van der Waals surface area contributed by atoms with Gasteiger partial charge in [-0.05, 0) is 44.0 Å². The Kier molecular flexibility index (Phi) is 8.92. The van der Waals surface area contributed by atoms with Gasteiger partial charge in [-0.2, -0.15) is 0 Å². The Morgan fingerprint density at radius 1 is 0.923 bits per heavy atom. The molecule has 1 heterocycles. The first-order chi connectivity index (χ1) is 11.4. The molecule has 2 aromatic carbocycles. The lowest BCUT2D eigenvalue weighted by molar-refractivity contribution is 0.00598. The predicted molar refractivity (Wildman–Crippen MR) is 117 cm³/mol. The molecule has 144 valence electrons. The van der Waals surface area contributed by atoms with Gasteiger partial charge in [0, 0.05) is 42.8 Å². The van der Waals surface area contributed by atoms with Gasteiger partial charge in [0.15, 0.2) is 0 Å². The number of hydrogen-bond donors (Lipinski definition) is 0. The molecule has 0 spiro atoms. The Bertz CT molecular complexity index is 653. The highest BCUT2D eigenvalue weighted by atomic mass is 35.5. The second kappa shape index (κ2) is 9.96. The van der Waals surface area contributed by atoms with Crippen molar-refractivity contribution >= 4 is 36.4 Å². The molecule has 2 aromatic rings. The maximum Gasteiger partial charge on any atom is 0.0481 e. The van der Waals surface area contributed by atoms with Crippen molar-refractivity contribution in [1.82, 2.24) is 9.80 Å². The summed E-state index contributed by atoms with van der Waals surface area (Å²) in [6.07, 6.45) is 0. The Morgan fingerprint density at radius 3 is 2.12 bits per heavy atom. The normalized spacial score (nSPS) is 18.7. The standard InChI is InChI=1S/C21H27ClN2.2ClH/c1-21(2,3)24-14-13-23(15-17-7-5-4-6-8-17)16-20(24)18-9-11-19(22)12-10-18;;/h4-12,20H,13-16H2,1-3H3;2*1H/t20-;;/m0../s1. The zero-order valence-corrected chi connectivity index (χ0v) is 18.1. The van der Waals surface area contributed by atoms with Crippen LogP contribution in [-0.4, -0.2) is 35.0 Å². The van der Waals surface area contributed by atoms with Crippen LogP contribution in [0, 0.1) is 0 Å². The molecule has 0 N–H and O–H groups in total. The third-order valence-corrected chi connectivity index (χ3v) is 5.08. The van der Waals surface area contributed by atoms with E-state index in [1.807, 2.05) is 12.1 Å². The monoisotopic (exact) mass is 414 g/mol. The van der Waals surface area contributed by atoms with Crippen LogP contribution < -0.4 is 0 Å². The van der Waals surface area contributed by atoms with E-state index in [0.717, 1.165) is 31.2 Å². The highest BCUT2D eigenvalue weighted by Gasteiger charge is 2.34. The second-order valence-electron chi connectivity index (χ2n) is 7.65. The first-order valence-electron chi connectivity index (χ1n) is 8.72. The maximum atomic E-state index is 6.09. The van der Waals surface area contributed by atoms with Crippen molar-refractivity contribution < 1.29 is 0 Å². The van der Waals surface area contributed by atoms with Crippen LogP contribution in [0.2, 0.25) is 5.02 Å². The van der Waals surface area contributed by atoms with Crippen molar-refractivity contribution in [3.63, 3.8) is 0 Å². The van der Waals surface area contributed by atoms with Gasteiger partial charge >= 0.3 is 0 Å². The quantitative estimate of drug-likeness (QED) is 0.621. The highest BCUT2D eigenvalue weighted by Crippen LogP contribution is 2.32. The fourth-order valence-electron chi connectivity index (χ4n) is 3.60. The molecule has 0 saturated carbocycles. The third kappa shape index (κ3) is 5.87. The molecule has 0 aromatic heterocycles. The predicted octanol–water partition coefficient (Wildman–Crippen LogP) is 5.84. The fraction of sp³-hybridized carbons (Fsp3) is 0.429. The Balaban J connectivity index is 0.00000169. The number of piperazine rings is 1. The minimum Gasteiger partial charge on any atom is -0.296 e. The molecule has 26 heavy (non-hydrogen) atoms. The summed E-state index contributed by atoms with van der Waals surface area (Å²) >= 11 is 6.09. The molecule has 2 nitrogen and oxygen atoms in total. The number of nitrogens with zero attached hydrogens (tertiary/aromatic N) is 2. The van der Waals surface area contributed by atoms with Crippen molar-refractivity contribution in [3.8, 4) is 0 Å². The molecule has 0 aliphatic carbocycles. The van der Waals surface area contributed by atoms with Crippen LogP contribution in [-0.2, 0) is 6.54 Å². The van der Waals surface area contributed by atoms with Crippen LogP contribution in [0.5, 0.6) is 0 Å².